The van der Waals surface area contributed by atoms with Gasteiger partial charge >= 0.3 is 0 Å². The topological polar surface area (TPSA) is 12.9 Å². The minimum atomic E-state index is 0.716. The first kappa shape index (κ1) is 9.94. The molecule has 2 rings (SSSR count). The largest absolute Gasteiger partial charge is 0.252 e. The fourth-order valence-corrected chi connectivity index (χ4v) is 2.22. The third-order valence-corrected chi connectivity index (χ3v) is 3.06. The quantitative estimate of drug-likeness (QED) is 0.711. The molecule has 2 aromatic rings. The zero-order valence-corrected chi connectivity index (χ0v) is 10.1. The van der Waals surface area contributed by atoms with E-state index in [4.69, 9.17) is 11.6 Å². The lowest BCUT2D eigenvalue weighted by Gasteiger charge is -2.05. The third kappa shape index (κ3) is 1.64. The molecule has 0 atom stereocenters. The average molecular weight is 271 g/mol. The molecule has 0 aliphatic rings. The highest BCUT2D eigenvalue weighted by Gasteiger charge is 2.05. The van der Waals surface area contributed by atoms with Crippen molar-refractivity contribution in [3.63, 3.8) is 0 Å². The summed E-state index contributed by atoms with van der Waals surface area (Å²) in [7, 11) is 0. The van der Waals surface area contributed by atoms with Crippen LogP contribution < -0.4 is 0 Å². The van der Waals surface area contributed by atoms with E-state index in [1.807, 2.05) is 25.1 Å². The highest BCUT2D eigenvalue weighted by molar-refractivity contribution is 9.08. The predicted molar refractivity (Wildman–Crippen MR) is 64.1 cm³/mol. The molecular formula is C11H9BrClN. The van der Waals surface area contributed by atoms with Crippen molar-refractivity contribution in [3.8, 4) is 0 Å². The Morgan fingerprint density at radius 2 is 2.21 bits per heavy atom. The number of hydrogen-bond donors (Lipinski definition) is 0. The number of fused-ring (bicyclic) bond motifs is 1. The van der Waals surface area contributed by atoms with Crippen LogP contribution >= 0.6 is 27.5 Å². The predicted octanol–water partition coefficient (Wildman–Crippen LogP) is 4.09. The van der Waals surface area contributed by atoms with Gasteiger partial charge in [0, 0.05) is 16.4 Å². The molecule has 1 aromatic heterocycles. The maximum Gasteiger partial charge on any atom is 0.0894 e. The molecule has 0 radical (unpaired) electrons. The summed E-state index contributed by atoms with van der Waals surface area (Å²) in [6.07, 6.45) is 0. The van der Waals surface area contributed by atoms with Crippen LogP contribution in [0.25, 0.3) is 10.9 Å². The van der Waals surface area contributed by atoms with Crippen molar-refractivity contribution in [2.24, 2.45) is 0 Å². The fourth-order valence-electron chi connectivity index (χ4n) is 1.54. The number of halogens is 2. The minimum Gasteiger partial charge on any atom is -0.252 e. The molecule has 1 nitrogen and oxygen atoms in total. The Labute approximate surface area is 96.2 Å². The van der Waals surface area contributed by atoms with Crippen LogP contribution in [-0.4, -0.2) is 4.98 Å². The first-order valence-corrected chi connectivity index (χ1v) is 5.83. The number of alkyl halides is 1. The highest BCUT2D eigenvalue weighted by Crippen LogP contribution is 2.26. The van der Waals surface area contributed by atoms with Crippen molar-refractivity contribution in [3.05, 3.63) is 40.5 Å². The van der Waals surface area contributed by atoms with Gasteiger partial charge in [-0.05, 0) is 24.6 Å². The molecule has 0 aliphatic carbocycles. The van der Waals surface area contributed by atoms with Crippen molar-refractivity contribution < 1.29 is 0 Å². The molecule has 0 unspecified atom stereocenters. The second kappa shape index (κ2) is 3.87. The number of aryl methyl sites for hydroxylation is 1. The van der Waals surface area contributed by atoms with Gasteiger partial charge < -0.3 is 0 Å². The van der Waals surface area contributed by atoms with E-state index in [2.05, 4.69) is 27.0 Å². The summed E-state index contributed by atoms with van der Waals surface area (Å²) in [5, 5.41) is 2.67. The Balaban J connectivity index is 2.87. The van der Waals surface area contributed by atoms with Gasteiger partial charge in [-0.15, -0.1) is 0 Å². The van der Waals surface area contributed by atoms with Crippen molar-refractivity contribution in [1.82, 2.24) is 4.98 Å². The summed E-state index contributed by atoms with van der Waals surface area (Å²) in [6, 6.07) is 7.94. The lowest BCUT2D eigenvalue weighted by Crippen LogP contribution is -1.89. The van der Waals surface area contributed by atoms with Crippen LogP contribution in [0.2, 0.25) is 5.02 Å². The molecule has 3 heteroatoms. The number of aromatic nitrogens is 1. The second-order valence-electron chi connectivity index (χ2n) is 3.19. The van der Waals surface area contributed by atoms with E-state index in [9.17, 15) is 0 Å². The van der Waals surface area contributed by atoms with Crippen LogP contribution in [0.15, 0.2) is 24.3 Å². The molecule has 0 saturated carbocycles. The van der Waals surface area contributed by atoms with Gasteiger partial charge in [-0.3, -0.25) is 4.98 Å². The van der Waals surface area contributed by atoms with Crippen LogP contribution in [0.4, 0.5) is 0 Å². The molecule has 0 fully saturated rings. The lowest BCUT2D eigenvalue weighted by molar-refractivity contribution is 1.23. The Morgan fingerprint density at radius 3 is 2.93 bits per heavy atom. The molecule has 1 heterocycles. The van der Waals surface area contributed by atoms with Gasteiger partial charge in [-0.25, -0.2) is 0 Å². The molecular weight excluding hydrogens is 261 g/mol. The molecule has 0 saturated heterocycles. The summed E-state index contributed by atoms with van der Waals surface area (Å²) >= 11 is 9.55. The molecule has 0 spiro atoms. The zero-order chi connectivity index (χ0) is 10.1. The van der Waals surface area contributed by atoms with Gasteiger partial charge in [-0.1, -0.05) is 39.7 Å². The SMILES string of the molecule is Cc1cc(CBr)c2cccc(Cl)c2n1. The first-order valence-electron chi connectivity index (χ1n) is 4.33. The van der Waals surface area contributed by atoms with Crippen LogP contribution in [0, 0.1) is 6.92 Å². The summed E-state index contributed by atoms with van der Waals surface area (Å²) in [4.78, 5) is 4.43. The molecule has 1 aromatic carbocycles. The Bertz CT molecular complexity index is 482. The van der Waals surface area contributed by atoms with Gasteiger partial charge in [0.2, 0.25) is 0 Å². The molecule has 72 valence electrons. The Kier molecular flexibility index (Phi) is 2.75. The lowest BCUT2D eigenvalue weighted by atomic mass is 10.1. The molecule has 0 amide bonds. The number of rotatable bonds is 1. The second-order valence-corrected chi connectivity index (χ2v) is 4.16. The zero-order valence-electron chi connectivity index (χ0n) is 7.72. The first-order chi connectivity index (χ1) is 6.72. The fraction of sp³-hybridized carbons (Fsp3) is 0.182. The van der Waals surface area contributed by atoms with Crippen molar-refractivity contribution in [2.45, 2.75) is 12.3 Å². The number of pyridine rings is 1. The normalized spacial score (nSPS) is 10.8. The van der Waals surface area contributed by atoms with Gasteiger partial charge in [0.15, 0.2) is 0 Å². The molecule has 0 aliphatic heterocycles. The van der Waals surface area contributed by atoms with E-state index in [-0.39, 0.29) is 0 Å². The van der Waals surface area contributed by atoms with Crippen LogP contribution in [-0.2, 0) is 5.33 Å². The number of hydrogen-bond acceptors (Lipinski definition) is 1. The van der Waals surface area contributed by atoms with Gasteiger partial charge in [0.05, 0.1) is 10.5 Å². The smallest absolute Gasteiger partial charge is 0.0894 e. The van der Waals surface area contributed by atoms with E-state index in [1.165, 1.54) is 5.56 Å². The monoisotopic (exact) mass is 269 g/mol. The number of nitrogens with zero attached hydrogens (tertiary/aromatic N) is 1. The number of benzene rings is 1. The average Bonchev–Trinajstić information content (AvgIpc) is 2.18. The van der Waals surface area contributed by atoms with E-state index in [0.717, 1.165) is 21.9 Å². The van der Waals surface area contributed by atoms with Crippen LogP contribution in [0.3, 0.4) is 0 Å². The molecule has 0 N–H and O–H groups in total. The van der Waals surface area contributed by atoms with Gasteiger partial charge in [-0.2, -0.15) is 0 Å². The standard InChI is InChI=1S/C11H9BrClN/c1-7-5-8(6-12)9-3-2-4-10(13)11(9)14-7/h2-5H,6H2,1H3. The summed E-state index contributed by atoms with van der Waals surface area (Å²) < 4.78 is 0. The third-order valence-electron chi connectivity index (χ3n) is 2.15. The van der Waals surface area contributed by atoms with Crippen molar-refractivity contribution in [1.29, 1.82) is 0 Å². The van der Waals surface area contributed by atoms with E-state index in [0.29, 0.717) is 5.02 Å². The van der Waals surface area contributed by atoms with E-state index in [1.54, 1.807) is 0 Å². The van der Waals surface area contributed by atoms with E-state index >= 15 is 0 Å². The van der Waals surface area contributed by atoms with E-state index < -0.39 is 0 Å². The maximum atomic E-state index is 6.08. The van der Waals surface area contributed by atoms with Gasteiger partial charge in [0.1, 0.15) is 0 Å². The summed E-state index contributed by atoms with van der Waals surface area (Å²) in [5.74, 6) is 0. The number of para-hydroxylation sites is 1. The maximum absolute atomic E-state index is 6.08. The highest BCUT2D eigenvalue weighted by atomic mass is 79.9. The van der Waals surface area contributed by atoms with Gasteiger partial charge in [0.25, 0.3) is 0 Å². The van der Waals surface area contributed by atoms with Crippen LogP contribution in [0.5, 0.6) is 0 Å². The minimum absolute atomic E-state index is 0.716. The van der Waals surface area contributed by atoms with Crippen molar-refractivity contribution in [2.75, 3.05) is 0 Å². The van der Waals surface area contributed by atoms with Crippen LogP contribution in [0.1, 0.15) is 11.3 Å². The Morgan fingerprint density at radius 1 is 1.43 bits per heavy atom. The molecule has 0 bridgehead atoms. The summed E-state index contributed by atoms with van der Waals surface area (Å²) in [6.45, 7) is 1.98. The summed E-state index contributed by atoms with van der Waals surface area (Å²) in [5.41, 5.74) is 3.12. The Hall–Kier alpha value is -0.600. The van der Waals surface area contributed by atoms with Crippen molar-refractivity contribution >= 4 is 38.4 Å². The molecule has 14 heavy (non-hydrogen) atoms.